The lowest BCUT2D eigenvalue weighted by Crippen LogP contribution is -2.41. The maximum Gasteiger partial charge on any atom is 0.243 e. The highest BCUT2D eigenvalue weighted by atomic mass is 19.1. The molecule has 0 atom stereocenters. The van der Waals surface area contributed by atoms with E-state index in [1.165, 1.54) is 17.7 Å². The summed E-state index contributed by atoms with van der Waals surface area (Å²) in [7, 11) is 0. The van der Waals surface area contributed by atoms with Crippen molar-refractivity contribution >= 4 is 17.6 Å². The third kappa shape index (κ3) is 6.55. The lowest BCUT2D eigenvalue weighted by atomic mass is 10.1. The molecule has 0 bridgehead atoms. The zero-order valence-electron chi connectivity index (χ0n) is 15.2. The second kappa shape index (κ2) is 10.2. The number of aliphatic imine (C=N–C) groups is 1. The standard InChI is InChI=1S/C20H25FN4O/c1-3-15-7-6-10-18(12-15)25-19(26)14-24-20(22-4-2)23-13-16-8-5-9-17(21)11-16/h5-12H,3-4,13-14H2,1-2H3,(H,25,26)(H2,22,23,24). The van der Waals surface area contributed by atoms with E-state index in [1.807, 2.05) is 37.3 Å². The van der Waals surface area contributed by atoms with E-state index >= 15 is 0 Å². The number of carbonyl (C=O) groups is 1. The van der Waals surface area contributed by atoms with Crippen molar-refractivity contribution in [2.75, 3.05) is 18.4 Å². The molecule has 26 heavy (non-hydrogen) atoms. The average Bonchev–Trinajstić information content (AvgIpc) is 2.64. The minimum atomic E-state index is -0.288. The summed E-state index contributed by atoms with van der Waals surface area (Å²) >= 11 is 0. The predicted octanol–water partition coefficient (Wildman–Crippen LogP) is 3.08. The highest BCUT2D eigenvalue weighted by Crippen LogP contribution is 2.10. The molecule has 0 spiro atoms. The number of aryl methyl sites for hydroxylation is 1. The van der Waals surface area contributed by atoms with Crippen LogP contribution in [0.4, 0.5) is 10.1 Å². The zero-order valence-corrected chi connectivity index (χ0v) is 15.2. The summed E-state index contributed by atoms with van der Waals surface area (Å²) in [5.41, 5.74) is 2.71. The topological polar surface area (TPSA) is 65.5 Å². The van der Waals surface area contributed by atoms with Gasteiger partial charge in [0, 0.05) is 12.2 Å². The summed E-state index contributed by atoms with van der Waals surface area (Å²) in [6, 6.07) is 14.1. The van der Waals surface area contributed by atoms with Crippen molar-refractivity contribution in [3.05, 3.63) is 65.5 Å². The molecule has 1 amide bonds. The number of hydrogen-bond acceptors (Lipinski definition) is 2. The summed E-state index contributed by atoms with van der Waals surface area (Å²) in [4.78, 5) is 16.5. The van der Waals surface area contributed by atoms with Gasteiger partial charge < -0.3 is 16.0 Å². The molecule has 0 aliphatic rings. The average molecular weight is 356 g/mol. The first-order valence-electron chi connectivity index (χ1n) is 8.76. The molecule has 2 rings (SSSR count). The third-order valence-corrected chi connectivity index (χ3v) is 3.69. The fourth-order valence-corrected chi connectivity index (χ4v) is 2.39. The van der Waals surface area contributed by atoms with E-state index in [0.29, 0.717) is 19.0 Å². The van der Waals surface area contributed by atoms with Crippen LogP contribution in [0, 0.1) is 5.82 Å². The van der Waals surface area contributed by atoms with Gasteiger partial charge in [-0.1, -0.05) is 31.2 Å². The van der Waals surface area contributed by atoms with Crippen LogP contribution in [0.15, 0.2) is 53.5 Å². The van der Waals surface area contributed by atoms with Crippen molar-refractivity contribution in [2.45, 2.75) is 26.8 Å². The normalized spacial score (nSPS) is 11.1. The van der Waals surface area contributed by atoms with Gasteiger partial charge >= 0.3 is 0 Å². The molecule has 0 saturated carbocycles. The van der Waals surface area contributed by atoms with E-state index in [0.717, 1.165) is 17.7 Å². The highest BCUT2D eigenvalue weighted by molar-refractivity contribution is 5.95. The monoisotopic (exact) mass is 356 g/mol. The van der Waals surface area contributed by atoms with Gasteiger partial charge in [0.2, 0.25) is 5.91 Å². The first kappa shape index (κ1) is 19.4. The number of benzene rings is 2. The maximum atomic E-state index is 13.2. The van der Waals surface area contributed by atoms with E-state index in [4.69, 9.17) is 0 Å². The summed E-state index contributed by atoms with van der Waals surface area (Å²) < 4.78 is 13.2. The van der Waals surface area contributed by atoms with Gasteiger partial charge in [0.1, 0.15) is 5.82 Å². The summed E-state index contributed by atoms with van der Waals surface area (Å²) in [6.07, 6.45) is 0.916. The van der Waals surface area contributed by atoms with Crippen molar-refractivity contribution in [1.82, 2.24) is 10.6 Å². The summed E-state index contributed by atoms with van der Waals surface area (Å²) in [5, 5.41) is 8.92. The van der Waals surface area contributed by atoms with Crippen molar-refractivity contribution in [2.24, 2.45) is 4.99 Å². The van der Waals surface area contributed by atoms with Crippen molar-refractivity contribution in [3.8, 4) is 0 Å². The molecule has 0 heterocycles. The van der Waals surface area contributed by atoms with E-state index in [9.17, 15) is 9.18 Å². The molecule has 3 N–H and O–H groups in total. The van der Waals surface area contributed by atoms with Crippen LogP contribution in [0.25, 0.3) is 0 Å². The predicted molar refractivity (Wildman–Crippen MR) is 104 cm³/mol. The lowest BCUT2D eigenvalue weighted by molar-refractivity contribution is -0.115. The smallest absolute Gasteiger partial charge is 0.243 e. The maximum absolute atomic E-state index is 13.2. The van der Waals surface area contributed by atoms with Crippen molar-refractivity contribution in [3.63, 3.8) is 0 Å². The Morgan fingerprint density at radius 2 is 1.81 bits per heavy atom. The number of anilines is 1. The van der Waals surface area contributed by atoms with Crippen LogP contribution in [0.1, 0.15) is 25.0 Å². The minimum Gasteiger partial charge on any atom is -0.357 e. The Labute approximate surface area is 153 Å². The molecule has 6 heteroatoms. The Morgan fingerprint density at radius 3 is 2.54 bits per heavy atom. The Kier molecular flexibility index (Phi) is 7.61. The minimum absolute atomic E-state index is 0.0886. The molecule has 0 unspecified atom stereocenters. The molecule has 0 saturated heterocycles. The molecule has 2 aromatic rings. The molecule has 0 radical (unpaired) electrons. The van der Waals surface area contributed by atoms with Crippen molar-refractivity contribution in [1.29, 1.82) is 0 Å². The number of nitrogens with zero attached hydrogens (tertiary/aromatic N) is 1. The van der Waals surface area contributed by atoms with Crippen LogP contribution < -0.4 is 16.0 Å². The van der Waals surface area contributed by atoms with E-state index in [2.05, 4.69) is 27.9 Å². The number of nitrogens with one attached hydrogen (secondary N) is 3. The molecule has 0 aliphatic heterocycles. The number of carbonyl (C=O) groups excluding carboxylic acids is 1. The van der Waals surface area contributed by atoms with Crippen LogP contribution in [-0.4, -0.2) is 25.0 Å². The number of halogens is 1. The second-order valence-corrected chi connectivity index (χ2v) is 5.78. The van der Waals surface area contributed by atoms with E-state index in [-0.39, 0.29) is 18.3 Å². The fourth-order valence-electron chi connectivity index (χ4n) is 2.39. The molecule has 0 aliphatic carbocycles. The van der Waals surface area contributed by atoms with Gasteiger partial charge in [0.25, 0.3) is 0 Å². The van der Waals surface area contributed by atoms with Gasteiger partial charge in [-0.25, -0.2) is 9.38 Å². The van der Waals surface area contributed by atoms with Gasteiger partial charge in [0.15, 0.2) is 5.96 Å². The molecular weight excluding hydrogens is 331 g/mol. The molecule has 0 fully saturated rings. The summed E-state index contributed by atoms with van der Waals surface area (Å²) in [5.74, 6) is 0.0631. The Bertz CT molecular complexity index is 761. The summed E-state index contributed by atoms with van der Waals surface area (Å²) in [6.45, 7) is 5.09. The Hall–Kier alpha value is -2.89. The lowest BCUT2D eigenvalue weighted by Gasteiger charge is -2.12. The third-order valence-electron chi connectivity index (χ3n) is 3.69. The quantitative estimate of drug-likeness (QED) is 0.528. The molecule has 138 valence electrons. The van der Waals surface area contributed by atoms with Gasteiger partial charge in [0.05, 0.1) is 13.1 Å². The second-order valence-electron chi connectivity index (χ2n) is 5.78. The van der Waals surface area contributed by atoms with Gasteiger partial charge in [-0.3, -0.25) is 4.79 Å². The van der Waals surface area contributed by atoms with Gasteiger partial charge in [-0.15, -0.1) is 0 Å². The number of amides is 1. The number of rotatable bonds is 7. The molecule has 0 aromatic heterocycles. The molecule has 5 nitrogen and oxygen atoms in total. The van der Waals surface area contributed by atoms with E-state index in [1.54, 1.807) is 6.07 Å². The Balaban J connectivity index is 1.90. The fraction of sp³-hybridized carbons (Fsp3) is 0.300. The van der Waals surface area contributed by atoms with E-state index < -0.39 is 0 Å². The van der Waals surface area contributed by atoms with Gasteiger partial charge in [-0.05, 0) is 48.7 Å². The van der Waals surface area contributed by atoms with Crippen molar-refractivity contribution < 1.29 is 9.18 Å². The SMILES string of the molecule is CCNC(=NCc1cccc(F)c1)NCC(=O)Nc1cccc(CC)c1. The number of guanidine groups is 1. The molecular formula is C20H25FN4O. The van der Waals surface area contributed by atoms with Crippen LogP contribution in [-0.2, 0) is 17.8 Å². The largest absolute Gasteiger partial charge is 0.357 e. The molecule has 2 aromatic carbocycles. The van der Waals surface area contributed by atoms with Crippen LogP contribution >= 0.6 is 0 Å². The van der Waals surface area contributed by atoms with Crippen LogP contribution in [0.5, 0.6) is 0 Å². The Morgan fingerprint density at radius 1 is 1.04 bits per heavy atom. The van der Waals surface area contributed by atoms with Gasteiger partial charge in [-0.2, -0.15) is 0 Å². The first-order valence-corrected chi connectivity index (χ1v) is 8.76. The van der Waals surface area contributed by atoms with Crippen LogP contribution in [0.3, 0.4) is 0 Å². The number of hydrogen-bond donors (Lipinski definition) is 3. The zero-order chi connectivity index (χ0) is 18.8. The first-order chi connectivity index (χ1) is 12.6. The van der Waals surface area contributed by atoms with Crippen LogP contribution in [0.2, 0.25) is 0 Å². The highest BCUT2D eigenvalue weighted by Gasteiger charge is 2.05.